The number of aromatic amines is 1. The largest absolute Gasteiger partial charge is 0.472 e. The number of nitrogens with two attached hydrogens (primary N) is 1. The van der Waals surface area contributed by atoms with E-state index < -0.39 is 83.4 Å². The zero-order chi connectivity index (χ0) is 32.8. The summed E-state index contributed by atoms with van der Waals surface area (Å²) in [7, 11) is -9.91. The molecule has 3 aliphatic rings. The zero-order valence-corrected chi connectivity index (χ0v) is 25.3. The molecule has 3 fully saturated rings. The van der Waals surface area contributed by atoms with Crippen LogP contribution in [0.15, 0.2) is 36.2 Å². The third-order valence-electron chi connectivity index (χ3n) is 8.01. The molecule has 8 rings (SSSR count). The van der Waals surface area contributed by atoms with E-state index in [-0.39, 0.29) is 22.8 Å². The molecule has 8 heterocycles. The van der Waals surface area contributed by atoms with E-state index in [0.29, 0.717) is 11.2 Å². The minimum absolute atomic E-state index is 0.0833. The van der Waals surface area contributed by atoms with Gasteiger partial charge in [-0.2, -0.15) is 4.98 Å². The molecular formula is C22H25N11O12P2. The third kappa shape index (κ3) is 5.17. The number of phosphoric acid groups is 1. The summed E-state index contributed by atoms with van der Waals surface area (Å²) in [4.78, 5) is 57.1. The minimum Gasteiger partial charge on any atom is -0.388 e. The van der Waals surface area contributed by atoms with Gasteiger partial charge < -0.3 is 35.2 Å². The van der Waals surface area contributed by atoms with Crippen LogP contribution < -0.4 is 16.4 Å². The molecule has 5 aromatic rings. The molecule has 250 valence electrons. The van der Waals surface area contributed by atoms with E-state index in [4.69, 9.17) is 28.8 Å². The average molecular weight is 697 g/mol. The van der Waals surface area contributed by atoms with Gasteiger partial charge in [-0.05, 0) is 0 Å². The van der Waals surface area contributed by atoms with Crippen molar-refractivity contribution in [3.05, 3.63) is 41.7 Å². The Hall–Kier alpha value is -3.70. The van der Waals surface area contributed by atoms with Gasteiger partial charge in [0.15, 0.2) is 40.4 Å². The van der Waals surface area contributed by atoms with Crippen LogP contribution in [0.1, 0.15) is 12.5 Å². The first-order valence-corrected chi connectivity index (χ1v) is 16.9. The van der Waals surface area contributed by atoms with Gasteiger partial charge in [-0.1, -0.05) is 0 Å². The maximum absolute atomic E-state index is 13.4. The molecular weight excluding hydrogens is 672 g/mol. The lowest BCUT2D eigenvalue weighted by atomic mass is 10.1. The third-order valence-corrected chi connectivity index (χ3v) is 10.1. The van der Waals surface area contributed by atoms with Gasteiger partial charge in [0.1, 0.15) is 36.8 Å². The fourth-order valence-corrected chi connectivity index (χ4v) is 7.93. The van der Waals surface area contributed by atoms with Crippen molar-refractivity contribution in [3.8, 4) is 0 Å². The van der Waals surface area contributed by atoms with E-state index in [1.807, 2.05) is 0 Å². The maximum Gasteiger partial charge on any atom is 0.472 e. The number of aliphatic hydroxyl groups is 2. The molecule has 47 heavy (non-hydrogen) atoms. The van der Waals surface area contributed by atoms with Crippen LogP contribution in [-0.4, -0.2) is 113 Å². The molecule has 0 radical (unpaired) electrons. The summed E-state index contributed by atoms with van der Waals surface area (Å²) in [5.41, 5.74) is 5.87. The lowest BCUT2D eigenvalue weighted by Crippen LogP contribution is -2.43. The first-order valence-electron chi connectivity index (χ1n) is 13.8. The highest BCUT2D eigenvalue weighted by atomic mass is 31.2. The maximum atomic E-state index is 13.4. The number of ether oxygens (including phenoxy) is 2. The Bertz CT molecular complexity index is 2170. The van der Waals surface area contributed by atoms with Gasteiger partial charge in [-0.15, -0.1) is 0 Å². The highest BCUT2D eigenvalue weighted by molar-refractivity contribution is 7.50. The van der Waals surface area contributed by atoms with E-state index >= 15 is 0 Å². The predicted octanol–water partition coefficient (Wildman–Crippen LogP) is -2.10. The molecule has 8 N–H and O–H groups in total. The van der Waals surface area contributed by atoms with Crippen molar-refractivity contribution in [2.45, 2.75) is 49.0 Å². The van der Waals surface area contributed by atoms with Gasteiger partial charge in [0.05, 0.1) is 31.9 Å². The lowest BCUT2D eigenvalue weighted by Gasteiger charge is -2.26. The Kier molecular flexibility index (Phi) is 7.11. The van der Waals surface area contributed by atoms with Crippen LogP contribution >= 0.6 is 15.6 Å². The van der Waals surface area contributed by atoms with Crippen LogP contribution in [-0.2, 0) is 32.2 Å². The second kappa shape index (κ2) is 10.9. The van der Waals surface area contributed by atoms with Crippen LogP contribution in [0.3, 0.4) is 0 Å². The van der Waals surface area contributed by atoms with Crippen molar-refractivity contribution in [1.29, 1.82) is 0 Å². The Morgan fingerprint density at radius 2 is 1.60 bits per heavy atom. The monoisotopic (exact) mass is 697 g/mol. The number of anilines is 1. The van der Waals surface area contributed by atoms with Gasteiger partial charge in [0.25, 0.3) is 5.56 Å². The van der Waals surface area contributed by atoms with Gasteiger partial charge in [-0.3, -0.25) is 36.9 Å². The summed E-state index contributed by atoms with van der Waals surface area (Å²) in [6, 6.07) is -1.46. The van der Waals surface area contributed by atoms with E-state index in [1.54, 1.807) is 16.8 Å². The SMILES string of the molecule is Nc1nc2c(ncn2[C@@H]2O[C@@H]3COP(=O)(O)OC4C(O)[C@H](n5cnc6c5ncn5ccnc65)O[C@@H]4COP(=O)(O)NC2C3O)c(=O)[nH]1. The Labute approximate surface area is 260 Å². The summed E-state index contributed by atoms with van der Waals surface area (Å²) in [5.74, 6) is -0.259. The number of nitrogen functional groups attached to an aromatic ring is 1. The zero-order valence-electron chi connectivity index (χ0n) is 23.5. The molecule has 5 aromatic heterocycles. The molecule has 2 bridgehead atoms. The van der Waals surface area contributed by atoms with Crippen molar-refractivity contribution in [2.24, 2.45) is 0 Å². The summed E-state index contributed by atoms with van der Waals surface area (Å²) in [6.45, 7) is -1.53. The van der Waals surface area contributed by atoms with Crippen molar-refractivity contribution in [3.63, 3.8) is 0 Å². The molecule has 3 saturated heterocycles. The molecule has 25 heteroatoms. The molecule has 0 aliphatic carbocycles. The van der Waals surface area contributed by atoms with Gasteiger partial charge in [0.2, 0.25) is 5.95 Å². The number of H-pyrrole nitrogens is 1. The Morgan fingerprint density at radius 3 is 2.40 bits per heavy atom. The first kappa shape index (κ1) is 30.6. The fraction of sp³-hybridized carbons (Fsp3) is 0.455. The number of phosphoric ester groups is 1. The molecule has 6 unspecified atom stereocenters. The smallest absolute Gasteiger partial charge is 0.388 e. The second-order valence-corrected chi connectivity index (χ2v) is 13.9. The Morgan fingerprint density at radius 1 is 0.872 bits per heavy atom. The molecule has 0 saturated carbocycles. The van der Waals surface area contributed by atoms with Crippen molar-refractivity contribution < 1.29 is 52.2 Å². The number of rotatable bonds is 2. The number of imidazole rings is 3. The number of fused-ring (bicyclic) bond motifs is 7. The number of hydrogen-bond donors (Lipinski definition) is 7. The molecule has 0 amide bonds. The summed E-state index contributed by atoms with van der Waals surface area (Å²) < 4.78 is 58.3. The van der Waals surface area contributed by atoms with Crippen molar-refractivity contribution in [1.82, 2.24) is 48.5 Å². The lowest BCUT2D eigenvalue weighted by molar-refractivity contribution is -0.0556. The van der Waals surface area contributed by atoms with E-state index in [0.717, 1.165) is 6.33 Å². The highest BCUT2D eigenvalue weighted by Gasteiger charge is 2.53. The number of aliphatic hydroxyl groups excluding tert-OH is 2. The highest BCUT2D eigenvalue weighted by Crippen LogP contribution is 2.51. The summed E-state index contributed by atoms with van der Waals surface area (Å²) in [6.07, 6.45) is -3.34. The van der Waals surface area contributed by atoms with Crippen LogP contribution in [0, 0.1) is 0 Å². The fourth-order valence-electron chi connectivity index (χ4n) is 5.89. The number of hydrogen-bond acceptors (Lipinski definition) is 16. The minimum atomic E-state index is -5.04. The first-order chi connectivity index (χ1) is 22.4. The number of nitrogens with one attached hydrogen (secondary N) is 2. The topological polar surface area (TPSA) is 311 Å². The van der Waals surface area contributed by atoms with Crippen LogP contribution in [0.2, 0.25) is 0 Å². The molecule has 23 nitrogen and oxygen atoms in total. The van der Waals surface area contributed by atoms with Crippen LogP contribution in [0.5, 0.6) is 0 Å². The van der Waals surface area contributed by atoms with Crippen LogP contribution in [0.25, 0.3) is 28.0 Å². The Balaban J connectivity index is 1.11. The van der Waals surface area contributed by atoms with E-state index in [2.05, 4.69) is 35.0 Å². The quantitative estimate of drug-likeness (QED) is 0.0972. The molecule has 10 atom stereocenters. The van der Waals surface area contributed by atoms with Gasteiger partial charge in [0, 0.05) is 12.4 Å². The normalized spacial score (nSPS) is 36.8. The summed E-state index contributed by atoms with van der Waals surface area (Å²) >= 11 is 0. The van der Waals surface area contributed by atoms with Crippen LogP contribution in [0.4, 0.5) is 5.95 Å². The molecule has 0 spiro atoms. The van der Waals surface area contributed by atoms with E-state index in [9.17, 15) is 33.9 Å². The van der Waals surface area contributed by atoms with E-state index in [1.165, 1.54) is 21.8 Å². The average Bonchev–Trinajstić information content (AvgIpc) is 3.83. The van der Waals surface area contributed by atoms with Crippen molar-refractivity contribution in [2.75, 3.05) is 18.9 Å². The number of aromatic nitrogens is 9. The van der Waals surface area contributed by atoms with Gasteiger partial charge >= 0.3 is 15.6 Å². The number of nitrogens with zero attached hydrogens (tertiary/aromatic N) is 8. The predicted molar refractivity (Wildman–Crippen MR) is 152 cm³/mol. The van der Waals surface area contributed by atoms with Gasteiger partial charge in [-0.25, -0.2) is 34.2 Å². The van der Waals surface area contributed by atoms with Crippen molar-refractivity contribution >= 4 is 49.5 Å². The molecule has 0 aromatic carbocycles. The second-order valence-electron chi connectivity index (χ2n) is 10.9. The molecule has 3 aliphatic heterocycles. The summed E-state index contributed by atoms with van der Waals surface area (Å²) in [5, 5.41) is 24.7. The standard InChI is InChI=1S/C22H25N11O12P2/c23-22-28-18-12(19(36)29-22)26-7-33(18)20-10-13(34)8(43-20)3-42-47(39,40)45-15-9(4-41-46(37,38)30-10)44-21(14(15)35)32-6-25-11-16-24-1-2-31(16)5-27-17(11)32/h1-2,5-10,13-15,20-21,34-35H,3-4H2,(H,39,40)(H2,30,37,38)(H3,23,28,29,36)/t8-,9-,10?,13?,14?,15?,20-,21-/m1/s1.